The van der Waals surface area contributed by atoms with Gasteiger partial charge in [0.05, 0.1) is 20.1 Å². The summed E-state index contributed by atoms with van der Waals surface area (Å²) in [6, 6.07) is 9.55. The van der Waals surface area contributed by atoms with Crippen LogP contribution in [-0.2, 0) is 7.05 Å². The van der Waals surface area contributed by atoms with Crippen LogP contribution in [-0.4, -0.2) is 20.3 Å². The standard InChI is InChI=1S/C15H10N4O5S/c1-17-12-7-6-11(19(23)24)8-13(12)25-15(17)16-14(20)9-2-4-10(5-3-9)18(21)22/h2-8H,1H3. The number of aromatic nitrogens is 1. The Labute approximate surface area is 143 Å². The molecule has 0 aliphatic heterocycles. The number of carbonyl (C=O) groups is 1. The molecule has 0 atom stereocenters. The molecule has 1 amide bonds. The molecule has 0 aliphatic rings. The highest BCUT2D eigenvalue weighted by molar-refractivity contribution is 7.16. The molecule has 0 N–H and O–H groups in total. The Morgan fingerprint density at radius 2 is 1.64 bits per heavy atom. The van der Waals surface area contributed by atoms with E-state index >= 15 is 0 Å². The number of nitrogens with zero attached hydrogens (tertiary/aromatic N) is 4. The van der Waals surface area contributed by atoms with Crippen molar-refractivity contribution >= 4 is 38.8 Å². The maximum Gasteiger partial charge on any atom is 0.279 e. The Balaban J connectivity index is 2.02. The summed E-state index contributed by atoms with van der Waals surface area (Å²) in [5.74, 6) is -0.549. The van der Waals surface area contributed by atoms with Crippen LogP contribution in [0.1, 0.15) is 10.4 Å². The topological polar surface area (TPSA) is 121 Å². The highest BCUT2D eigenvalue weighted by atomic mass is 32.1. The van der Waals surface area contributed by atoms with E-state index in [9.17, 15) is 25.0 Å². The van der Waals surface area contributed by atoms with Gasteiger partial charge >= 0.3 is 0 Å². The van der Waals surface area contributed by atoms with Gasteiger partial charge in [-0.15, -0.1) is 0 Å². The summed E-state index contributed by atoms with van der Waals surface area (Å²) in [4.78, 5) is 37.1. The smallest absolute Gasteiger partial charge is 0.279 e. The predicted molar refractivity (Wildman–Crippen MR) is 90.4 cm³/mol. The number of carbonyl (C=O) groups excluding carboxylic acids is 1. The summed E-state index contributed by atoms with van der Waals surface area (Å²) in [5, 5.41) is 21.5. The molecule has 9 nitrogen and oxygen atoms in total. The summed E-state index contributed by atoms with van der Waals surface area (Å²) < 4.78 is 2.29. The van der Waals surface area contributed by atoms with Gasteiger partial charge in [-0.2, -0.15) is 4.99 Å². The second kappa shape index (κ2) is 6.24. The molecule has 0 fully saturated rings. The van der Waals surface area contributed by atoms with Crippen LogP contribution in [0.25, 0.3) is 10.2 Å². The van der Waals surface area contributed by atoms with E-state index in [4.69, 9.17) is 0 Å². The first kappa shape index (κ1) is 16.5. The molecule has 126 valence electrons. The minimum Gasteiger partial charge on any atom is -0.319 e. The van der Waals surface area contributed by atoms with Gasteiger partial charge in [-0.05, 0) is 18.2 Å². The van der Waals surface area contributed by atoms with E-state index in [1.54, 1.807) is 17.7 Å². The number of hydrogen-bond donors (Lipinski definition) is 0. The fourth-order valence-electron chi connectivity index (χ4n) is 2.22. The van der Waals surface area contributed by atoms with Crippen molar-refractivity contribution in [3.05, 3.63) is 73.1 Å². The van der Waals surface area contributed by atoms with Gasteiger partial charge in [0, 0.05) is 36.9 Å². The number of hydrogen-bond acceptors (Lipinski definition) is 6. The van der Waals surface area contributed by atoms with Crippen LogP contribution in [0.2, 0.25) is 0 Å². The molecule has 0 saturated carbocycles. The minimum atomic E-state index is -0.551. The average molecular weight is 358 g/mol. The normalized spacial score (nSPS) is 11.6. The third kappa shape index (κ3) is 3.15. The molecule has 0 unspecified atom stereocenters. The Hall–Kier alpha value is -3.40. The van der Waals surface area contributed by atoms with Crippen molar-refractivity contribution in [3.8, 4) is 0 Å². The molecule has 1 heterocycles. The lowest BCUT2D eigenvalue weighted by Crippen LogP contribution is -2.13. The first-order valence-electron chi connectivity index (χ1n) is 6.94. The number of non-ortho nitro benzene ring substituents is 2. The maximum absolute atomic E-state index is 12.2. The number of benzene rings is 2. The first-order chi connectivity index (χ1) is 11.9. The molecule has 1 aromatic heterocycles. The third-order valence-corrected chi connectivity index (χ3v) is 4.62. The van der Waals surface area contributed by atoms with E-state index in [1.807, 2.05) is 0 Å². The summed E-state index contributed by atoms with van der Waals surface area (Å²) >= 11 is 1.15. The van der Waals surface area contributed by atoms with E-state index in [-0.39, 0.29) is 16.9 Å². The van der Waals surface area contributed by atoms with Crippen molar-refractivity contribution in [2.45, 2.75) is 0 Å². The van der Waals surface area contributed by atoms with Gasteiger partial charge in [0.2, 0.25) is 0 Å². The van der Waals surface area contributed by atoms with Crippen molar-refractivity contribution < 1.29 is 14.6 Å². The van der Waals surface area contributed by atoms with Crippen LogP contribution in [0.4, 0.5) is 11.4 Å². The van der Waals surface area contributed by atoms with Crippen LogP contribution in [0.3, 0.4) is 0 Å². The monoisotopic (exact) mass is 358 g/mol. The quantitative estimate of drug-likeness (QED) is 0.526. The number of rotatable bonds is 3. The van der Waals surface area contributed by atoms with Gasteiger partial charge < -0.3 is 4.57 Å². The van der Waals surface area contributed by atoms with E-state index in [2.05, 4.69) is 4.99 Å². The Bertz CT molecular complexity index is 1080. The van der Waals surface area contributed by atoms with Gasteiger partial charge in [0.25, 0.3) is 17.3 Å². The Morgan fingerprint density at radius 1 is 1.04 bits per heavy atom. The predicted octanol–water partition coefficient (Wildman–Crippen LogP) is 2.80. The molecule has 0 saturated heterocycles. The van der Waals surface area contributed by atoms with Crippen LogP contribution >= 0.6 is 11.3 Å². The molecule has 2 aromatic carbocycles. The molecule has 10 heteroatoms. The highest BCUT2D eigenvalue weighted by Crippen LogP contribution is 2.22. The zero-order valence-electron chi connectivity index (χ0n) is 12.8. The Morgan fingerprint density at radius 3 is 2.24 bits per heavy atom. The average Bonchev–Trinajstić information content (AvgIpc) is 2.90. The maximum atomic E-state index is 12.2. The minimum absolute atomic E-state index is 0.0393. The number of thiazole rings is 1. The van der Waals surface area contributed by atoms with Crippen molar-refractivity contribution in [2.24, 2.45) is 12.0 Å². The van der Waals surface area contributed by atoms with Crippen LogP contribution < -0.4 is 4.80 Å². The van der Waals surface area contributed by atoms with Gasteiger partial charge in [-0.25, -0.2) is 0 Å². The van der Waals surface area contributed by atoms with Crippen molar-refractivity contribution in [2.75, 3.05) is 0 Å². The van der Waals surface area contributed by atoms with Gasteiger partial charge in [0.1, 0.15) is 0 Å². The summed E-state index contributed by atoms with van der Waals surface area (Å²) in [6.45, 7) is 0. The molecule has 0 spiro atoms. The van der Waals surface area contributed by atoms with Crippen LogP contribution in [0, 0.1) is 20.2 Å². The SMILES string of the molecule is Cn1c(=NC(=O)c2ccc([N+](=O)[O-])cc2)sc2cc([N+](=O)[O-])ccc21. The van der Waals surface area contributed by atoms with Gasteiger partial charge in [-0.3, -0.25) is 25.0 Å². The lowest BCUT2D eigenvalue weighted by atomic mass is 10.2. The van der Waals surface area contributed by atoms with Crippen molar-refractivity contribution in [1.82, 2.24) is 4.57 Å². The van der Waals surface area contributed by atoms with Crippen LogP contribution in [0.15, 0.2) is 47.5 Å². The number of amides is 1. The zero-order chi connectivity index (χ0) is 18.1. The second-order valence-corrected chi connectivity index (χ2v) is 6.08. The summed E-state index contributed by atoms with van der Waals surface area (Å²) in [6.07, 6.45) is 0. The lowest BCUT2D eigenvalue weighted by Gasteiger charge is -1.96. The number of nitro groups is 2. The molecule has 25 heavy (non-hydrogen) atoms. The molecule has 3 aromatic rings. The molecule has 0 bridgehead atoms. The van der Waals surface area contributed by atoms with Crippen molar-refractivity contribution in [3.63, 3.8) is 0 Å². The van der Waals surface area contributed by atoms with Crippen molar-refractivity contribution in [1.29, 1.82) is 0 Å². The highest BCUT2D eigenvalue weighted by Gasteiger charge is 2.12. The molecular formula is C15H10N4O5S. The van der Waals surface area contributed by atoms with E-state index in [0.29, 0.717) is 15.0 Å². The molecule has 0 aliphatic carbocycles. The fraction of sp³-hybridized carbons (Fsp3) is 0.0667. The largest absolute Gasteiger partial charge is 0.319 e. The van der Waals surface area contributed by atoms with Gasteiger partial charge in [0.15, 0.2) is 4.80 Å². The third-order valence-electron chi connectivity index (χ3n) is 3.53. The Kier molecular flexibility index (Phi) is 4.11. The van der Waals surface area contributed by atoms with E-state index < -0.39 is 15.8 Å². The summed E-state index contributed by atoms with van der Waals surface area (Å²) in [7, 11) is 1.70. The summed E-state index contributed by atoms with van der Waals surface area (Å²) in [5.41, 5.74) is 0.777. The molecule has 3 rings (SSSR count). The lowest BCUT2D eigenvalue weighted by molar-refractivity contribution is -0.385. The zero-order valence-corrected chi connectivity index (χ0v) is 13.6. The first-order valence-corrected chi connectivity index (χ1v) is 7.76. The number of aryl methyl sites for hydroxylation is 1. The van der Waals surface area contributed by atoms with Gasteiger partial charge in [-0.1, -0.05) is 11.3 Å². The van der Waals surface area contributed by atoms with E-state index in [1.165, 1.54) is 36.4 Å². The second-order valence-electron chi connectivity index (χ2n) is 5.07. The molecular weight excluding hydrogens is 348 g/mol. The fourth-order valence-corrected chi connectivity index (χ4v) is 3.27. The molecule has 0 radical (unpaired) electrons. The number of nitro benzene ring substituents is 2. The van der Waals surface area contributed by atoms with Crippen LogP contribution in [0.5, 0.6) is 0 Å². The van der Waals surface area contributed by atoms with E-state index in [0.717, 1.165) is 11.3 Å². The number of fused-ring (bicyclic) bond motifs is 1.